The number of nitrogens with zero attached hydrogens (tertiary/aromatic N) is 3. The summed E-state index contributed by atoms with van der Waals surface area (Å²) < 4.78 is 20.1. The number of hydrogen-bond acceptors (Lipinski definition) is 4. The molecule has 4 aliphatic heterocycles. The van der Waals surface area contributed by atoms with E-state index in [1.54, 1.807) is 0 Å². The first-order valence-electron chi connectivity index (χ1n) is 7.09. The average Bonchev–Trinajstić information content (AvgIpc) is 2.83. The van der Waals surface area contributed by atoms with Crippen LogP contribution in [0.1, 0.15) is 12.8 Å². The van der Waals surface area contributed by atoms with Crippen molar-refractivity contribution in [3.8, 4) is 0 Å². The van der Waals surface area contributed by atoms with Gasteiger partial charge in [-0.25, -0.2) is 9.37 Å². The van der Waals surface area contributed by atoms with Crippen LogP contribution in [0.15, 0.2) is 12.3 Å². The van der Waals surface area contributed by atoms with Gasteiger partial charge in [0.2, 0.25) is 0 Å². The number of anilines is 1. The zero-order valence-corrected chi connectivity index (χ0v) is 11.9. The fraction of sp³-hybridized carbons (Fsp3) is 0.643. The fourth-order valence-electron chi connectivity index (χ4n) is 3.86. The first-order valence-corrected chi connectivity index (χ1v) is 7.46. The van der Waals surface area contributed by atoms with Gasteiger partial charge in [-0.2, -0.15) is 0 Å². The Morgan fingerprint density at radius 3 is 2.80 bits per heavy atom. The van der Waals surface area contributed by atoms with Gasteiger partial charge in [0.1, 0.15) is 12.3 Å². The van der Waals surface area contributed by atoms with Gasteiger partial charge in [-0.15, -0.1) is 0 Å². The summed E-state index contributed by atoms with van der Waals surface area (Å²) in [6, 6.07) is 1.31. The minimum Gasteiger partial charge on any atom is -0.351 e. The van der Waals surface area contributed by atoms with E-state index in [0.717, 1.165) is 13.1 Å². The second kappa shape index (κ2) is 4.55. The molecule has 1 spiro atoms. The lowest BCUT2D eigenvalue weighted by molar-refractivity contribution is -0.116. The third-order valence-electron chi connectivity index (χ3n) is 4.88. The molecule has 0 aliphatic carbocycles. The van der Waals surface area contributed by atoms with E-state index in [4.69, 9.17) is 16.3 Å². The predicted octanol–water partition coefficient (Wildman–Crippen LogP) is 2.13. The minimum atomic E-state index is -0.376. The lowest BCUT2D eigenvalue weighted by Crippen LogP contribution is -2.61. The molecule has 1 aromatic heterocycles. The molecule has 0 amide bonds. The van der Waals surface area contributed by atoms with Crippen LogP contribution in [0, 0.1) is 11.7 Å². The van der Waals surface area contributed by atoms with Crippen molar-refractivity contribution in [3.05, 3.63) is 23.1 Å². The quantitative estimate of drug-likeness (QED) is 0.794. The van der Waals surface area contributed by atoms with Crippen LogP contribution in [0.25, 0.3) is 0 Å². The van der Waals surface area contributed by atoms with Crippen molar-refractivity contribution in [1.29, 1.82) is 0 Å². The van der Waals surface area contributed by atoms with E-state index in [2.05, 4.69) is 9.88 Å². The molecule has 2 bridgehead atoms. The summed E-state index contributed by atoms with van der Waals surface area (Å²) in [7, 11) is 0. The summed E-state index contributed by atoms with van der Waals surface area (Å²) in [5, 5.41) is 0.323. The molecule has 0 saturated carbocycles. The summed E-state index contributed by atoms with van der Waals surface area (Å²) in [5.74, 6) is 0.565. The van der Waals surface area contributed by atoms with Gasteiger partial charge >= 0.3 is 0 Å². The smallest absolute Gasteiger partial charge is 0.167 e. The zero-order valence-electron chi connectivity index (χ0n) is 11.2. The fourth-order valence-corrected chi connectivity index (χ4v) is 4.01. The van der Waals surface area contributed by atoms with Crippen molar-refractivity contribution in [2.75, 3.05) is 37.8 Å². The normalized spacial score (nSPS) is 36.0. The Balaban J connectivity index is 1.58. The molecule has 108 valence electrons. The first kappa shape index (κ1) is 12.8. The van der Waals surface area contributed by atoms with Crippen molar-refractivity contribution in [2.45, 2.75) is 18.4 Å². The molecule has 1 aromatic rings. The van der Waals surface area contributed by atoms with E-state index in [1.165, 1.54) is 38.2 Å². The van der Waals surface area contributed by atoms with Gasteiger partial charge < -0.3 is 14.5 Å². The van der Waals surface area contributed by atoms with Crippen molar-refractivity contribution in [1.82, 2.24) is 9.88 Å². The highest BCUT2D eigenvalue weighted by Crippen LogP contribution is 2.42. The molecule has 4 fully saturated rings. The first-order chi connectivity index (χ1) is 9.66. The highest BCUT2D eigenvalue weighted by Gasteiger charge is 2.52. The van der Waals surface area contributed by atoms with E-state index in [9.17, 15) is 4.39 Å². The van der Waals surface area contributed by atoms with E-state index >= 15 is 0 Å². The number of fused-ring (bicyclic) bond motifs is 2. The molecule has 0 aromatic carbocycles. The van der Waals surface area contributed by atoms with Crippen LogP contribution in [0.2, 0.25) is 5.02 Å². The van der Waals surface area contributed by atoms with Gasteiger partial charge in [0.05, 0.1) is 11.6 Å². The van der Waals surface area contributed by atoms with Gasteiger partial charge in [-0.05, 0) is 37.9 Å². The SMILES string of the molecule is Fc1cc(Cl)cnc1N1CO[C@]2(CN3CCC2CC3)C1. The summed E-state index contributed by atoms with van der Waals surface area (Å²) in [6.07, 6.45) is 3.86. The van der Waals surface area contributed by atoms with Crippen LogP contribution < -0.4 is 4.90 Å². The monoisotopic (exact) mass is 297 g/mol. The minimum absolute atomic E-state index is 0.135. The van der Waals surface area contributed by atoms with Crippen molar-refractivity contribution in [3.63, 3.8) is 0 Å². The number of aromatic nitrogens is 1. The lowest BCUT2D eigenvalue weighted by Gasteiger charge is -2.50. The van der Waals surface area contributed by atoms with Gasteiger partial charge in [-0.3, -0.25) is 0 Å². The van der Waals surface area contributed by atoms with Crippen LogP contribution in [-0.2, 0) is 4.74 Å². The molecule has 6 heteroatoms. The van der Waals surface area contributed by atoms with Crippen molar-refractivity contribution in [2.24, 2.45) is 5.92 Å². The average molecular weight is 298 g/mol. The van der Waals surface area contributed by atoms with Gasteiger partial charge in [0.15, 0.2) is 11.6 Å². The predicted molar refractivity (Wildman–Crippen MR) is 74.4 cm³/mol. The molecule has 0 unspecified atom stereocenters. The summed E-state index contributed by atoms with van der Waals surface area (Å²) in [5.41, 5.74) is -0.135. The van der Waals surface area contributed by atoms with Crippen LogP contribution in [0.5, 0.6) is 0 Å². The van der Waals surface area contributed by atoms with Gasteiger partial charge in [-0.1, -0.05) is 11.6 Å². The van der Waals surface area contributed by atoms with Crippen LogP contribution in [-0.4, -0.2) is 48.4 Å². The molecule has 4 nitrogen and oxygen atoms in total. The number of ether oxygens (including phenoxy) is 1. The Morgan fingerprint density at radius 2 is 2.15 bits per heavy atom. The zero-order chi connectivity index (χ0) is 13.7. The highest BCUT2D eigenvalue weighted by molar-refractivity contribution is 6.30. The number of hydrogen-bond donors (Lipinski definition) is 0. The number of rotatable bonds is 1. The molecular formula is C14H17ClFN3O. The molecule has 5 heterocycles. The van der Waals surface area contributed by atoms with Crippen LogP contribution in [0.4, 0.5) is 10.2 Å². The molecule has 20 heavy (non-hydrogen) atoms. The third kappa shape index (κ3) is 1.91. The Morgan fingerprint density at radius 1 is 1.35 bits per heavy atom. The van der Waals surface area contributed by atoms with E-state index in [0.29, 0.717) is 23.5 Å². The molecule has 4 aliphatic rings. The second-order valence-electron chi connectivity index (χ2n) is 6.05. The summed E-state index contributed by atoms with van der Waals surface area (Å²) in [4.78, 5) is 8.48. The maximum atomic E-state index is 14.0. The second-order valence-corrected chi connectivity index (χ2v) is 6.48. The van der Waals surface area contributed by atoms with Crippen LogP contribution in [0.3, 0.4) is 0 Å². The number of pyridine rings is 1. The van der Waals surface area contributed by atoms with Gasteiger partial charge in [0.25, 0.3) is 0 Å². The molecule has 5 rings (SSSR count). The summed E-state index contributed by atoms with van der Waals surface area (Å²) >= 11 is 5.76. The topological polar surface area (TPSA) is 28.6 Å². The van der Waals surface area contributed by atoms with Crippen molar-refractivity contribution < 1.29 is 9.13 Å². The number of piperidine rings is 3. The van der Waals surface area contributed by atoms with E-state index < -0.39 is 0 Å². The maximum Gasteiger partial charge on any atom is 0.167 e. The number of halogens is 2. The lowest BCUT2D eigenvalue weighted by atomic mass is 9.75. The van der Waals surface area contributed by atoms with Gasteiger partial charge in [0, 0.05) is 12.7 Å². The molecule has 4 saturated heterocycles. The standard InChI is InChI=1S/C14H17ClFN3O/c15-11-5-12(16)13(17-6-11)19-8-14(20-9-19)7-18-3-1-10(14)2-4-18/h5-6,10H,1-4,7-9H2/t14-/m1/s1. The Kier molecular flexibility index (Phi) is 2.91. The molecule has 0 radical (unpaired) electrons. The molecular weight excluding hydrogens is 281 g/mol. The third-order valence-corrected chi connectivity index (χ3v) is 5.08. The Bertz CT molecular complexity index is 535. The largest absolute Gasteiger partial charge is 0.351 e. The Labute approximate surface area is 122 Å². The van der Waals surface area contributed by atoms with Crippen LogP contribution >= 0.6 is 11.6 Å². The molecule has 1 atom stereocenters. The highest BCUT2D eigenvalue weighted by atomic mass is 35.5. The van der Waals surface area contributed by atoms with E-state index in [1.807, 2.05) is 4.90 Å². The molecule has 0 N–H and O–H groups in total. The van der Waals surface area contributed by atoms with Crippen molar-refractivity contribution >= 4 is 17.4 Å². The van der Waals surface area contributed by atoms with E-state index in [-0.39, 0.29) is 11.4 Å². The Hall–Kier alpha value is -0.910. The maximum absolute atomic E-state index is 14.0. The summed E-state index contributed by atoms with van der Waals surface area (Å²) in [6.45, 7) is 4.44.